The van der Waals surface area contributed by atoms with Crippen molar-refractivity contribution >= 4 is 33.2 Å². The van der Waals surface area contributed by atoms with Crippen molar-refractivity contribution in [2.24, 2.45) is 5.92 Å². The van der Waals surface area contributed by atoms with Crippen molar-refractivity contribution in [2.45, 2.75) is 51.9 Å². The van der Waals surface area contributed by atoms with Crippen LogP contribution < -0.4 is 9.62 Å². The van der Waals surface area contributed by atoms with Crippen LogP contribution in [0.1, 0.15) is 49.8 Å². The molecular weight excluding hydrogens is 494 g/mol. The Hall–Kier alpha value is -2.53. The molecule has 36 heavy (non-hydrogen) atoms. The molecule has 1 heterocycles. The number of anilines is 1. The Labute approximate surface area is 221 Å². The van der Waals surface area contributed by atoms with Crippen LogP contribution in [0.2, 0.25) is 5.02 Å². The summed E-state index contributed by atoms with van der Waals surface area (Å²) in [6, 6.07) is 10.3. The molecule has 2 aromatic carbocycles. The van der Waals surface area contributed by atoms with Gasteiger partial charge in [0.1, 0.15) is 0 Å². The monoisotopic (exact) mass is 529 g/mol. The van der Waals surface area contributed by atoms with Gasteiger partial charge in [-0.25, -0.2) is 8.42 Å². The normalized spacial score (nSPS) is 14.7. The number of nitrogens with one attached hydrogen (secondary N) is 1. The van der Waals surface area contributed by atoms with Gasteiger partial charge in [-0.05, 0) is 101 Å². The van der Waals surface area contributed by atoms with E-state index in [0.717, 1.165) is 38.9 Å². The minimum Gasteiger partial charge on any atom is -0.345 e. The number of likely N-dealkylation sites (tertiary alicyclic amines) is 1. The number of benzene rings is 2. The molecule has 1 amide bonds. The van der Waals surface area contributed by atoms with Gasteiger partial charge in [-0.3, -0.25) is 9.10 Å². The number of hydrogen-bond donors (Lipinski definition) is 1. The van der Waals surface area contributed by atoms with Gasteiger partial charge in [0, 0.05) is 29.6 Å². The Bertz CT molecular complexity index is 1240. The first-order valence-corrected chi connectivity index (χ1v) is 14.4. The van der Waals surface area contributed by atoms with E-state index in [9.17, 15) is 13.2 Å². The molecule has 0 saturated carbocycles. The summed E-state index contributed by atoms with van der Waals surface area (Å²) in [6.45, 7) is 11.6. The summed E-state index contributed by atoms with van der Waals surface area (Å²) in [5, 5.41) is 3.42. The lowest BCUT2D eigenvalue weighted by Crippen LogP contribution is -2.34. The largest absolute Gasteiger partial charge is 0.345 e. The molecule has 194 valence electrons. The topological polar surface area (TPSA) is 69.7 Å². The zero-order valence-electron chi connectivity index (χ0n) is 21.6. The quantitative estimate of drug-likeness (QED) is 0.500. The smallest absolute Gasteiger partial charge is 0.296 e. The summed E-state index contributed by atoms with van der Waals surface area (Å²) in [5.41, 5.74) is 2.19. The number of halogens is 1. The molecule has 0 aromatic heterocycles. The summed E-state index contributed by atoms with van der Waals surface area (Å²) >= 11 is 6.19. The highest BCUT2D eigenvalue weighted by Crippen LogP contribution is 2.30. The van der Waals surface area contributed by atoms with E-state index < -0.39 is 10.0 Å². The summed E-state index contributed by atoms with van der Waals surface area (Å²) in [5.74, 6) is 5.81. The van der Waals surface area contributed by atoms with E-state index in [1.54, 1.807) is 57.2 Å². The Kier molecular flexibility index (Phi) is 9.84. The zero-order valence-corrected chi connectivity index (χ0v) is 23.2. The van der Waals surface area contributed by atoms with Crippen LogP contribution in [0.3, 0.4) is 0 Å². The maximum absolute atomic E-state index is 13.6. The van der Waals surface area contributed by atoms with Crippen LogP contribution in [-0.4, -0.2) is 51.9 Å². The molecule has 3 rings (SSSR count). The molecule has 2 aromatic rings. The van der Waals surface area contributed by atoms with Crippen LogP contribution in [-0.2, 0) is 14.8 Å². The van der Waals surface area contributed by atoms with Crippen molar-refractivity contribution in [3.63, 3.8) is 0 Å². The number of piperidine rings is 1. The predicted molar refractivity (Wildman–Crippen MR) is 147 cm³/mol. The van der Waals surface area contributed by atoms with E-state index in [1.807, 2.05) is 0 Å². The first-order chi connectivity index (χ1) is 17.2. The maximum atomic E-state index is 13.6. The molecule has 0 unspecified atom stereocenters. The van der Waals surface area contributed by atoms with E-state index in [4.69, 9.17) is 11.6 Å². The molecule has 0 aliphatic carbocycles. The molecule has 1 N–H and O–H groups in total. The molecule has 1 saturated heterocycles. The first-order valence-electron chi connectivity index (χ1n) is 12.6. The average Bonchev–Trinajstić information content (AvgIpc) is 2.86. The average molecular weight is 530 g/mol. The summed E-state index contributed by atoms with van der Waals surface area (Å²) in [4.78, 5) is 15.1. The fourth-order valence-electron chi connectivity index (χ4n) is 4.57. The minimum absolute atomic E-state index is 0.205. The molecule has 8 heteroatoms. The van der Waals surface area contributed by atoms with Crippen LogP contribution in [0.15, 0.2) is 41.3 Å². The highest BCUT2D eigenvalue weighted by Gasteiger charge is 2.27. The number of amides is 1. The fraction of sp³-hybridized carbons (Fsp3) is 0.464. The van der Waals surface area contributed by atoms with Crippen LogP contribution in [0.4, 0.5) is 5.69 Å². The van der Waals surface area contributed by atoms with Gasteiger partial charge in [0.2, 0.25) is 0 Å². The molecule has 0 spiro atoms. The second-order valence-electron chi connectivity index (χ2n) is 9.23. The van der Waals surface area contributed by atoms with Gasteiger partial charge in [0.15, 0.2) is 0 Å². The lowest BCUT2D eigenvalue weighted by molar-refractivity contribution is -0.115. The van der Waals surface area contributed by atoms with Crippen molar-refractivity contribution in [1.82, 2.24) is 10.2 Å². The number of carbonyl (C=O) groups is 1. The van der Waals surface area contributed by atoms with E-state index >= 15 is 0 Å². The Morgan fingerprint density at radius 1 is 1.14 bits per heavy atom. The van der Waals surface area contributed by atoms with E-state index in [2.05, 4.69) is 29.0 Å². The van der Waals surface area contributed by atoms with Gasteiger partial charge in [-0.1, -0.05) is 36.6 Å². The molecule has 0 radical (unpaired) electrons. The van der Waals surface area contributed by atoms with Crippen molar-refractivity contribution in [1.29, 1.82) is 0 Å². The number of para-hydroxylation sites is 1. The third-order valence-electron chi connectivity index (χ3n) is 6.79. The van der Waals surface area contributed by atoms with Gasteiger partial charge in [0.05, 0.1) is 10.6 Å². The lowest BCUT2D eigenvalue weighted by atomic mass is 9.93. The third kappa shape index (κ3) is 6.82. The van der Waals surface area contributed by atoms with Gasteiger partial charge in [0.25, 0.3) is 15.9 Å². The first kappa shape index (κ1) is 28.0. The number of aryl methyl sites for hydroxylation is 2. The van der Waals surface area contributed by atoms with E-state index in [1.165, 1.54) is 4.31 Å². The van der Waals surface area contributed by atoms with E-state index in [0.29, 0.717) is 39.9 Å². The van der Waals surface area contributed by atoms with Crippen LogP contribution >= 0.6 is 11.6 Å². The SMILES string of the molecule is CCN1CCC(CCNC(=O)C#Cc2ccccc2N(CC)S(=O)(=O)c2cc(C)c(Cl)cc2C)CC1. The summed E-state index contributed by atoms with van der Waals surface area (Å²) in [7, 11) is -3.86. The maximum Gasteiger partial charge on any atom is 0.296 e. The van der Waals surface area contributed by atoms with Crippen LogP contribution in [0, 0.1) is 31.6 Å². The fourth-order valence-corrected chi connectivity index (χ4v) is 6.57. The third-order valence-corrected chi connectivity index (χ3v) is 9.23. The Balaban J connectivity index is 1.73. The zero-order chi connectivity index (χ0) is 26.3. The molecule has 0 atom stereocenters. The van der Waals surface area contributed by atoms with Gasteiger partial charge < -0.3 is 10.2 Å². The number of sulfonamides is 1. The van der Waals surface area contributed by atoms with Gasteiger partial charge in [-0.15, -0.1) is 0 Å². The molecule has 0 bridgehead atoms. The molecular formula is C28H36ClN3O3S. The molecule has 1 aliphatic rings. The summed E-state index contributed by atoms with van der Waals surface area (Å²) in [6.07, 6.45) is 3.27. The second kappa shape index (κ2) is 12.6. The molecule has 1 fully saturated rings. The molecule has 1 aliphatic heterocycles. The van der Waals surface area contributed by atoms with Crippen LogP contribution in [0.5, 0.6) is 0 Å². The minimum atomic E-state index is -3.86. The lowest BCUT2D eigenvalue weighted by Gasteiger charge is -2.30. The number of carbonyl (C=O) groups excluding carboxylic acids is 1. The van der Waals surface area contributed by atoms with Gasteiger partial charge in [-0.2, -0.15) is 0 Å². The van der Waals surface area contributed by atoms with Gasteiger partial charge >= 0.3 is 0 Å². The highest BCUT2D eigenvalue weighted by atomic mass is 35.5. The Morgan fingerprint density at radius 2 is 1.83 bits per heavy atom. The van der Waals surface area contributed by atoms with E-state index in [-0.39, 0.29) is 17.3 Å². The van der Waals surface area contributed by atoms with Crippen molar-refractivity contribution in [3.05, 3.63) is 58.1 Å². The number of rotatable bonds is 8. The Morgan fingerprint density at radius 3 is 2.50 bits per heavy atom. The van der Waals surface area contributed by atoms with Crippen LogP contribution in [0.25, 0.3) is 0 Å². The standard InChI is InChI=1S/C28H36ClN3O3S/c1-5-31-17-14-23(15-18-31)13-16-30-28(33)12-11-24-9-7-8-10-26(24)32(6-2)36(34,35)27-20-21(3)25(29)19-22(27)4/h7-10,19-20,23H,5-6,13-18H2,1-4H3,(H,30,33). The van der Waals surface area contributed by atoms with Crippen molar-refractivity contribution < 1.29 is 13.2 Å². The number of hydrogen-bond acceptors (Lipinski definition) is 4. The van der Waals surface area contributed by atoms with Crippen molar-refractivity contribution in [3.8, 4) is 11.8 Å². The second-order valence-corrected chi connectivity index (χ2v) is 11.5. The highest BCUT2D eigenvalue weighted by molar-refractivity contribution is 7.92. The number of nitrogens with zero attached hydrogens (tertiary/aromatic N) is 2. The summed E-state index contributed by atoms with van der Waals surface area (Å²) < 4.78 is 28.6. The predicted octanol–water partition coefficient (Wildman–Crippen LogP) is 4.76. The molecule has 6 nitrogen and oxygen atoms in total. The van der Waals surface area contributed by atoms with Crippen molar-refractivity contribution in [2.75, 3.05) is 37.0 Å².